The summed E-state index contributed by atoms with van der Waals surface area (Å²) in [7, 11) is 0. The van der Waals surface area contributed by atoms with Crippen LogP contribution in [0.4, 0.5) is 0 Å². The quantitative estimate of drug-likeness (QED) is 0.862. The number of carbonyl (C=O) groups excluding carboxylic acids is 1. The number of thioether (sulfide) groups is 1. The van der Waals surface area contributed by atoms with E-state index in [4.69, 9.17) is 10.8 Å². The van der Waals surface area contributed by atoms with Gasteiger partial charge in [0, 0.05) is 0 Å². The fourth-order valence-corrected chi connectivity index (χ4v) is 2.35. The van der Waals surface area contributed by atoms with Crippen molar-refractivity contribution in [3.05, 3.63) is 30.1 Å². The topological polar surface area (TPSA) is 98.2 Å². The van der Waals surface area contributed by atoms with Crippen LogP contribution < -0.4 is 5.73 Å². The first-order valence-corrected chi connectivity index (χ1v) is 6.35. The molecule has 1 unspecified atom stereocenters. The van der Waals surface area contributed by atoms with Crippen LogP contribution >= 0.6 is 11.8 Å². The van der Waals surface area contributed by atoms with Crippen LogP contribution in [0.3, 0.4) is 0 Å². The smallest absolute Gasteiger partial charge is 0.335 e. The van der Waals surface area contributed by atoms with Crippen LogP contribution in [-0.2, 0) is 4.79 Å². The lowest BCUT2D eigenvalue weighted by Gasteiger charge is -2.12. The number of hydrogen-bond donors (Lipinski definition) is 2. The summed E-state index contributed by atoms with van der Waals surface area (Å²) in [6.45, 7) is 0. The summed E-state index contributed by atoms with van der Waals surface area (Å²) in [6.07, 6.45) is 3.26. The molecule has 3 N–H and O–H groups in total. The van der Waals surface area contributed by atoms with Crippen molar-refractivity contribution in [2.45, 2.75) is 5.37 Å². The van der Waals surface area contributed by atoms with Crippen LogP contribution in [0.1, 0.15) is 15.7 Å². The van der Waals surface area contributed by atoms with Gasteiger partial charge in [0.1, 0.15) is 0 Å². The molecule has 0 bridgehead atoms. The van der Waals surface area contributed by atoms with Gasteiger partial charge < -0.3 is 15.4 Å². The van der Waals surface area contributed by atoms with E-state index < -0.39 is 17.3 Å². The van der Waals surface area contributed by atoms with Crippen molar-refractivity contribution in [1.29, 1.82) is 0 Å². The number of rotatable bonds is 4. The van der Waals surface area contributed by atoms with Crippen LogP contribution in [0.5, 0.6) is 0 Å². The van der Waals surface area contributed by atoms with Gasteiger partial charge in [0.05, 0.1) is 22.9 Å². The molecular weight excluding hydrogens is 254 g/mol. The number of nitrogens with zero attached hydrogens (tertiary/aromatic N) is 2. The zero-order chi connectivity index (χ0) is 13.3. The van der Waals surface area contributed by atoms with E-state index in [9.17, 15) is 9.59 Å². The number of imidazole rings is 1. The maximum absolute atomic E-state index is 11.3. The summed E-state index contributed by atoms with van der Waals surface area (Å²) >= 11 is 1.29. The number of fused-ring (bicyclic) bond motifs is 1. The minimum absolute atomic E-state index is 0.160. The number of amides is 1. The SMILES string of the molecule is CSC(C(N)=O)n1cnc2cc(C(=O)O)ccc21. The number of aromatic carboxylic acids is 1. The van der Waals surface area contributed by atoms with Gasteiger partial charge >= 0.3 is 5.97 Å². The number of nitrogens with two attached hydrogens (primary N) is 1. The van der Waals surface area contributed by atoms with Gasteiger partial charge in [-0.15, -0.1) is 11.8 Å². The summed E-state index contributed by atoms with van der Waals surface area (Å²) < 4.78 is 1.63. The van der Waals surface area contributed by atoms with Crippen LogP contribution in [-0.4, -0.2) is 32.8 Å². The predicted octanol–water partition coefficient (Wildman–Crippen LogP) is 1.08. The second-order valence-electron chi connectivity index (χ2n) is 3.65. The fraction of sp³-hybridized carbons (Fsp3) is 0.182. The summed E-state index contributed by atoms with van der Waals surface area (Å²) in [6, 6.07) is 4.56. The van der Waals surface area contributed by atoms with E-state index >= 15 is 0 Å². The Hall–Kier alpha value is -2.02. The average Bonchev–Trinajstić information content (AvgIpc) is 2.73. The highest BCUT2D eigenvalue weighted by molar-refractivity contribution is 7.99. The van der Waals surface area contributed by atoms with Crippen molar-refractivity contribution >= 4 is 34.7 Å². The summed E-state index contributed by atoms with van der Waals surface area (Å²) in [5.41, 5.74) is 6.67. The van der Waals surface area contributed by atoms with Crippen LogP contribution in [0.2, 0.25) is 0 Å². The fourth-order valence-electron chi connectivity index (χ4n) is 1.72. The highest BCUT2D eigenvalue weighted by Crippen LogP contribution is 2.25. The van der Waals surface area contributed by atoms with Crippen molar-refractivity contribution < 1.29 is 14.7 Å². The van der Waals surface area contributed by atoms with E-state index in [0.29, 0.717) is 11.0 Å². The molecule has 7 heteroatoms. The molecule has 0 saturated heterocycles. The van der Waals surface area contributed by atoms with Gasteiger partial charge in [-0.2, -0.15) is 0 Å². The van der Waals surface area contributed by atoms with Crippen LogP contribution in [0.15, 0.2) is 24.5 Å². The standard InChI is InChI=1S/C11H11N3O3S/c1-18-10(9(12)15)14-5-13-7-4-6(11(16)17)2-3-8(7)14/h2-5,10H,1H3,(H2,12,15)(H,16,17). The maximum atomic E-state index is 11.3. The molecule has 1 aromatic heterocycles. The Morgan fingerprint density at radius 3 is 2.78 bits per heavy atom. The van der Waals surface area contributed by atoms with Gasteiger partial charge in [-0.3, -0.25) is 4.79 Å². The molecule has 0 radical (unpaired) electrons. The third-order valence-corrected chi connectivity index (χ3v) is 3.45. The third-order valence-electron chi connectivity index (χ3n) is 2.54. The van der Waals surface area contributed by atoms with Gasteiger partial charge in [-0.25, -0.2) is 9.78 Å². The molecule has 18 heavy (non-hydrogen) atoms. The van der Waals surface area contributed by atoms with E-state index in [1.807, 2.05) is 0 Å². The van der Waals surface area contributed by atoms with Gasteiger partial charge in [-0.05, 0) is 24.5 Å². The van der Waals surface area contributed by atoms with Gasteiger partial charge in [0.25, 0.3) is 5.91 Å². The number of aromatic nitrogens is 2. The van der Waals surface area contributed by atoms with E-state index in [1.165, 1.54) is 30.2 Å². The third kappa shape index (κ3) is 2.04. The van der Waals surface area contributed by atoms with Gasteiger partial charge in [0.15, 0.2) is 5.37 Å². The number of hydrogen-bond acceptors (Lipinski definition) is 4. The lowest BCUT2D eigenvalue weighted by Crippen LogP contribution is -2.23. The molecule has 0 saturated carbocycles. The largest absolute Gasteiger partial charge is 0.478 e. The first-order chi connectivity index (χ1) is 8.54. The number of carboxylic acids is 1. The van der Waals surface area contributed by atoms with Crippen molar-refractivity contribution in [3.8, 4) is 0 Å². The lowest BCUT2D eigenvalue weighted by atomic mass is 10.2. The molecular formula is C11H11N3O3S. The molecule has 1 aromatic carbocycles. The summed E-state index contributed by atoms with van der Waals surface area (Å²) in [5, 5.41) is 8.33. The average molecular weight is 265 g/mol. The Bertz CT molecular complexity index is 623. The van der Waals surface area contributed by atoms with Crippen LogP contribution in [0.25, 0.3) is 11.0 Å². The van der Waals surface area contributed by atoms with E-state index in [1.54, 1.807) is 16.9 Å². The number of benzene rings is 1. The Morgan fingerprint density at radius 1 is 1.50 bits per heavy atom. The molecule has 2 aromatic rings. The summed E-state index contributed by atoms with van der Waals surface area (Å²) in [5.74, 6) is -1.48. The highest BCUT2D eigenvalue weighted by Gasteiger charge is 2.18. The molecule has 1 amide bonds. The van der Waals surface area contributed by atoms with Crippen LogP contribution in [0, 0.1) is 0 Å². The van der Waals surface area contributed by atoms with E-state index in [-0.39, 0.29) is 5.56 Å². The molecule has 2 rings (SSSR count). The highest BCUT2D eigenvalue weighted by atomic mass is 32.2. The zero-order valence-corrected chi connectivity index (χ0v) is 10.3. The van der Waals surface area contributed by atoms with Gasteiger partial charge in [0.2, 0.25) is 0 Å². The molecule has 0 aliphatic carbocycles. The van der Waals surface area contributed by atoms with Crippen molar-refractivity contribution in [1.82, 2.24) is 9.55 Å². The van der Waals surface area contributed by atoms with Crippen molar-refractivity contribution in [2.75, 3.05) is 6.26 Å². The maximum Gasteiger partial charge on any atom is 0.335 e. The Kier molecular flexibility index (Phi) is 3.24. The van der Waals surface area contributed by atoms with Gasteiger partial charge in [-0.1, -0.05) is 0 Å². The zero-order valence-electron chi connectivity index (χ0n) is 9.53. The molecule has 0 fully saturated rings. The molecule has 6 nitrogen and oxygen atoms in total. The monoisotopic (exact) mass is 265 g/mol. The minimum Gasteiger partial charge on any atom is -0.478 e. The van der Waals surface area contributed by atoms with Crippen molar-refractivity contribution in [2.24, 2.45) is 5.73 Å². The Morgan fingerprint density at radius 2 is 2.22 bits per heavy atom. The number of carboxylic acid groups (broad SMARTS) is 1. The number of carbonyl (C=O) groups is 2. The predicted molar refractivity (Wildman–Crippen MR) is 68.4 cm³/mol. The first-order valence-electron chi connectivity index (χ1n) is 5.06. The second-order valence-corrected chi connectivity index (χ2v) is 4.57. The Balaban J connectivity index is 2.55. The van der Waals surface area contributed by atoms with E-state index in [0.717, 1.165) is 0 Å². The molecule has 0 spiro atoms. The van der Waals surface area contributed by atoms with E-state index in [2.05, 4.69) is 4.98 Å². The second kappa shape index (κ2) is 4.69. The molecule has 1 atom stereocenters. The Labute approximate surface area is 107 Å². The molecule has 94 valence electrons. The number of primary amides is 1. The molecule has 1 heterocycles. The first kappa shape index (κ1) is 12.4. The lowest BCUT2D eigenvalue weighted by molar-refractivity contribution is -0.118. The minimum atomic E-state index is -1.01. The molecule has 0 aliphatic rings. The summed E-state index contributed by atoms with van der Waals surface area (Å²) in [4.78, 5) is 26.2. The van der Waals surface area contributed by atoms with Crippen molar-refractivity contribution in [3.63, 3.8) is 0 Å². The molecule has 0 aliphatic heterocycles. The normalized spacial score (nSPS) is 12.5.